The molecule has 0 bridgehead atoms. The zero-order valence-electron chi connectivity index (χ0n) is 11.0. The van der Waals surface area contributed by atoms with Crippen LogP contribution in [-0.4, -0.2) is 37.5 Å². The van der Waals surface area contributed by atoms with E-state index in [1.807, 2.05) is 0 Å². The summed E-state index contributed by atoms with van der Waals surface area (Å²) in [4.78, 5) is 8.37. The average molecular weight is 254 g/mol. The van der Waals surface area contributed by atoms with E-state index in [1.54, 1.807) is 14.2 Å². The first kappa shape index (κ1) is 13.1. The molecule has 1 unspecified atom stereocenters. The molecule has 2 aliphatic rings. The minimum Gasteiger partial charge on any atom is -0.372 e. The Bertz CT molecular complexity index is 374. The molecule has 6 N–H and O–H groups in total. The fraction of sp³-hybridized carbons (Fsp3) is 0.818. The minimum absolute atomic E-state index is 0.263. The molecule has 2 rings (SSSR count). The monoisotopic (exact) mass is 254 g/mol. The molecule has 1 aliphatic carbocycles. The molecular formula is C11H22N6O. The van der Waals surface area contributed by atoms with Gasteiger partial charge in [0.25, 0.3) is 0 Å². The van der Waals surface area contributed by atoms with Crippen LogP contribution in [0.15, 0.2) is 9.98 Å². The van der Waals surface area contributed by atoms with Crippen molar-refractivity contribution in [2.45, 2.75) is 43.5 Å². The number of aliphatic imine (C=N–C) groups is 2. The quantitative estimate of drug-likeness (QED) is 0.528. The van der Waals surface area contributed by atoms with Gasteiger partial charge >= 0.3 is 0 Å². The molecule has 0 saturated heterocycles. The molecule has 0 radical (unpaired) electrons. The van der Waals surface area contributed by atoms with Gasteiger partial charge in [-0.2, -0.15) is 0 Å². The molecule has 0 spiro atoms. The summed E-state index contributed by atoms with van der Waals surface area (Å²) >= 11 is 0. The largest absolute Gasteiger partial charge is 0.372 e. The van der Waals surface area contributed by atoms with Crippen LogP contribution >= 0.6 is 0 Å². The molecule has 1 fully saturated rings. The zero-order valence-corrected chi connectivity index (χ0v) is 11.0. The first-order valence-corrected chi connectivity index (χ1v) is 6.26. The molecular weight excluding hydrogens is 232 g/mol. The smallest absolute Gasteiger partial charge is 0.217 e. The third-order valence-corrected chi connectivity index (χ3v) is 3.82. The molecule has 7 nitrogen and oxygen atoms in total. The molecule has 0 aromatic carbocycles. The van der Waals surface area contributed by atoms with Crippen molar-refractivity contribution in [1.82, 2.24) is 10.6 Å². The predicted molar refractivity (Wildman–Crippen MR) is 71.0 cm³/mol. The third kappa shape index (κ3) is 2.04. The highest BCUT2D eigenvalue weighted by Gasteiger charge is 2.52. The Hall–Kier alpha value is -1.34. The number of methoxy groups -OCH3 is 1. The maximum atomic E-state index is 6.41. The van der Waals surface area contributed by atoms with Crippen molar-refractivity contribution in [1.29, 1.82) is 0 Å². The predicted octanol–water partition coefficient (Wildman–Crippen LogP) is -0.558. The molecule has 102 valence electrons. The number of nitrogens with one attached hydrogen (secondary N) is 2. The number of rotatable bonds is 2. The highest BCUT2D eigenvalue weighted by Crippen LogP contribution is 2.38. The zero-order chi connectivity index (χ0) is 13.2. The number of ether oxygens (including phenoxy) is 1. The first-order valence-electron chi connectivity index (χ1n) is 6.26. The van der Waals surface area contributed by atoms with Gasteiger partial charge < -0.3 is 15.8 Å². The fourth-order valence-corrected chi connectivity index (χ4v) is 2.77. The average Bonchev–Trinajstić information content (AvgIpc) is 2.38. The number of hydrogen-bond donors (Lipinski definition) is 4. The topological polar surface area (TPSA) is 110 Å². The second-order valence-electron chi connectivity index (χ2n) is 4.84. The summed E-state index contributed by atoms with van der Waals surface area (Å²) in [5, 5.41) is 5.93. The van der Waals surface area contributed by atoms with Crippen LogP contribution in [0.25, 0.3) is 0 Å². The summed E-state index contributed by atoms with van der Waals surface area (Å²) in [6.45, 7) is 0. The summed E-state index contributed by atoms with van der Waals surface area (Å²) in [6.07, 6.45) is 5.08. The lowest BCUT2D eigenvalue weighted by molar-refractivity contribution is -0.101. The van der Waals surface area contributed by atoms with Gasteiger partial charge in [0, 0.05) is 14.2 Å². The summed E-state index contributed by atoms with van der Waals surface area (Å²) in [5.74, 6) is -0.280. The second-order valence-corrected chi connectivity index (χ2v) is 4.84. The Morgan fingerprint density at radius 1 is 1.33 bits per heavy atom. The Morgan fingerprint density at radius 3 is 2.56 bits per heavy atom. The molecule has 7 heteroatoms. The van der Waals surface area contributed by atoms with E-state index in [9.17, 15) is 0 Å². The van der Waals surface area contributed by atoms with Gasteiger partial charge in [-0.3, -0.25) is 16.0 Å². The summed E-state index contributed by atoms with van der Waals surface area (Å²) < 4.78 is 5.73. The Labute approximate surface area is 107 Å². The van der Waals surface area contributed by atoms with Crippen molar-refractivity contribution >= 4 is 11.9 Å². The van der Waals surface area contributed by atoms with Crippen molar-refractivity contribution in [2.75, 3.05) is 14.2 Å². The maximum absolute atomic E-state index is 6.41. The van der Waals surface area contributed by atoms with Gasteiger partial charge in [-0.05, 0) is 12.8 Å². The number of guanidine groups is 2. The van der Waals surface area contributed by atoms with E-state index in [-0.39, 0.29) is 5.96 Å². The van der Waals surface area contributed by atoms with Crippen LogP contribution in [0.3, 0.4) is 0 Å². The molecule has 1 aliphatic heterocycles. The van der Waals surface area contributed by atoms with Crippen LogP contribution in [0.1, 0.15) is 32.1 Å². The van der Waals surface area contributed by atoms with E-state index >= 15 is 0 Å². The van der Waals surface area contributed by atoms with Gasteiger partial charge in [0.1, 0.15) is 5.60 Å². The molecule has 0 aromatic heterocycles. The second kappa shape index (κ2) is 4.74. The fourth-order valence-electron chi connectivity index (χ4n) is 2.77. The van der Waals surface area contributed by atoms with E-state index in [2.05, 4.69) is 20.6 Å². The van der Waals surface area contributed by atoms with Crippen LogP contribution in [0.4, 0.5) is 0 Å². The summed E-state index contributed by atoms with van der Waals surface area (Å²) in [7, 11) is 3.34. The van der Waals surface area contributed by atoms with Crippen LogP contribution in [0.5, 0.6) is 0 Å². The SMILES string of the molecule is CN=C1NC(N)=NC(N)(C2(OC)CCCCC2)N1. The van der Waals surface area contributed by atoms with E-state index < -0.39 is 11.4 Å². The van der Waals surface area contributed by atoms with Crippen LogP contribution < -0.4 is 22.1 Å². The van der Waals surface area contributed by atoms with Gasteiger partial charge in [-0.25, -0.2) is 4.99 Å². The summed E-state index contributed by atoms with van der Waals surface area (Å²) in [5.41, 5.74) is 11.7. The van der Waals surface area contributed by atoms with Gasteiger partial charge in [0.05, 0.1) is 0 Å². The van der Waals surface area contributed by atoms with Gasteiger partial charge in [-0.15, -0.1) is 0 Å². The lowest BCUT2D eigenvalue weighted by Crippen LogP contribution is -2.75. The summed E-state index contributed by atoms with van der Waals surface area (Å²) in [6, 6.07) is 0. The Morgan fingerprint density at radius 2 is 2.00 bits per heavy atom. The van der Waals surface area contributed by atoms with Crippen molar-refractivity contribution in [3.63, 3.8) is 0 Å². The van der Waals surface area contributed by atoms with Crippen LogP contribution in [-0.2, 0) is 4.74 Å². The van der Waals surface area contributed by atoms with Crippen molar-refractivity contribution in [3.8, 4) is 0 Å². The third-order valence-electron chi connectivity index (χ3n) is 3.82. The molecule has 0 amide bonds. The molecule has 1 atom stereocenters. The maximum Gasteiger partial charge on any atom is 0.217 e. The molecule has 0 aromatic rings. The van der Waals surface area contributed by atoms with Crippen molar-refractivity contribution < 1.29 is 4.74 Å². The van der Waals surface area contributed by atoms with E-state index in [1.165, 1.54) is 6.42 Å². The van der Waals surface area contributed by atoms with E-state index in [0.29, 0.717) is 5.96 Å². The Kier molecular flexibility index (Phi) is 3.45. The van der Waals surface area contributed by atoms with E-state index in [0.717, 1.165) is 25.7 Å². The highest BCUT2D eigenvalue weighted by atomic mass is 16.5. The van der Waals surface area contributed by atoms with Crippen LogP contribution in [0, 0.1) is 0 Å². The van der Waals surface area contributed by atoms with Gasteiger partial charge in [0.15, 0.2) is 5.96 Å². The van der Waals surface area contributed by atoms with Crippen LogP contribution in [0.2, 0.25) is 0 Å². The number of nitrogens with two attached hydrogens (primary N) is 2. The van der Waals surface area contributed by atoms with E-state index in [4.69, 9.17) is 16.2 Å². The molecule has 18 heavy (non-hydrogen) atoms. The first-order chi connectivity index (χ1) is 8.55. The molecule has 1 saturated carbocycles. The lowest BCUT2D eigenvalue weighted by atomic mass is 9.79. The number of nitrogens with zero attached hydrogens (tertiary/aromatic N) is 2. The lowest BCUT2D eigenvalue weighted by Gasteiger charge is -2.48. The highest BCUT2D eigenvalue weighted by molar-refractivity contribution is 6.00. The van der Waals surface area contributed by atoms with Gasteiger partial charge in [-0.1, -0.05) is 19.3 Å². The standard InChI is InChI=1S/C11H22N6O/c1-14-9-15-8(12)16-11(13,17-9)10(18-2)6-4-3-5-7-10/h3-7,13H2,1-2H3,(H4,12,14,15,16,17). The van der Waals surface area contributed by atoms with Gasteiger partial charge in [0.2, 0.25) is 11.7 Å². The Balaban J connectivity index is 2.35. The number of hydrogen-bond acceptors (Lipinski definition) is 5. The minimum atomic E-state index is -1.06. The van der Waals surface area contributed by atoms with Crippen molar-refractivity contribution in [3.05, 3.63) is 0 Å². The molecule has 1 heterocycles. The van der Waals surface area contributed by atoms with Crippen molar-refractivity contribution in [2.24, 2.45) is 21.5 Å². The normalized spacial score (nSPS) is 33.5.